The Morgan fingerprint density at radius 1 is 1.35 bits per heavy atom. The molecule has 1 heterocycles. The fourth-order valence-electron chi connectivity index (χ4n) is 2.93. The molecule has 5 nitrogen and oxygen atoms in total. The third kappa shape index (κ3) is 4.39. The third-order valence-corrected chi connectivity index (χ3v) is 4.46. The van der Waals surface area contributed by atoms with E-state index in [1.165, 1.54) is 0 Å². The van der Waals surface area contributed by atoms with E-state index in [-0.39, 0.29) is 24.3 Å². The lowest BCUT2D eigenvalue weighted by Crippen LogP contribution is -2.44. The first kappa shape index (κ1) is 17.6. The molecule has 2 rings (SSSR count). The van der Waals surface area contributed by atoms with Crippen LogP contribution in [-0.2, 0) is 9.53 Å². The lowest BCUT2D eigenvalue weighted by Gasteiger charge is -2.37. The van der Waals surface area contributed by atoms with Crippen LogP contribution in [0.2, 0.25) is 0 Å². The second-order valence-corrected chi connectivity index (χ2v) is 5.96. The molecule has 0 spiro atoms. The summed E-state index contributed by atoms with van der Waals surface area (Å²) in [6, 6.07) is 0. The van der Waals surface area contributed by atoms with E-state index >= 15 is 0 Å². The molecule has 1 saturated heterocycles. The predicted octanol–water partition coefficient (Wildman–Crippen LogP) is 2.29. The Kier molecular flexibility index (Phi) is 5.54. The molecule has 0 aromatic rings. The van der Waals surface area contributed by atoms with Crippen LogP contribution in [-0.4, -0.2) is 49.6 Å². The van der Waals surface area contributed by atoms with E-state index in [2.05, 4.69) is 0 Å². The van der Waals surface area contributed by atoms with Crippen LogP contribution in [0.15, 0.2) is 11.8 Å². The van der Waals surface area contributed by atoms with Crippen molar-refractivity contribution < 1.29 is 22.7 Å². The highest BCUT2D eigenvalue weighted by atomic mass is 19.4. The number of rotatable bonds is 5. The average Bonchev–Trinajstić information content (AvgIpc) is 2.96. The van der Waals surface area contributed by atoms with Crippen LogP contribution in [0.3, 0.4) is 0 Å². The first-order valence-electron chi connectivity index (χ1n) is 7.79. The molecule has 0 bridgehead atoms. The number of alkyl halides is 3. The number of carbonyl (C=O) groups excluding carboxylic acids is 1. The molecule has 0 aromatic carbocycles. The number of amides is 1. The zero-order valence-electron chi connectivity index (χ0n) is 13.1. The Morgan fingerprint density at radius 3 is 2.48 bits per heavy atom. The number of nitrogens with zero attached hydrogens (tertiary/aromatic N) is 1. The molecule has 8 heteroatoms. The number of hydrogen-bond acceptors (Lipinski definition) is 4. The maximum atomic E-state index is 12.6. The van der Waals surface area contributed by atoms with Gasteiger partial charge in [0.2, 0.25) is 11.8 Å². The van der Waals surface area contributed by atoms with Crippen molar-refractivity contribution in [1.29, 1.82) is 5.41 Å². The molecule has 0 radical (unpaired) electrons. The molecule has 1 aliphatic heterocycles. The zero-order chi connectivity index (χ0) is 17.0. The minimum absolute atomic E-state index is 0.0132. The van der Waals surface area contributed by atoms with Crippen LogP contribution in [0.25, 0.3) is 0 Å². The van der Waals surface area contributed by atoms with Gasteiger partial charge >= 0.3 is 6.18 Å². The molecular formula is C15H22F3N3O2. The van der Waals surface area contributed by atoms with Gasteiger partial charge in [-0.05, 0) is 25.7 Å². The van der Waals surface area contributed by atoms with Crippen molar-refractivity contribution in [2.24, 2.45) is 11.8 Å². The van der Waals surface area contributed by atoms with Crippen LogP contribution in [0.5, 0.6) is 0 Å². The molecule has 0 aromatic heterocycles. The summed E-state index contributed by atoms with van der Waals surface area (Å²) in [6.07, 6.45) is -0.278. The molecule has 2 aliphatic rings. The van der Waals surface area contributed by atoms with Gasteiger partial charge in [0, 0.05) is 38.0 Å². The first-order chi connectivity index (χ1) is 10.8. The van der Waals surface area contributed by atoms with Gasteiger partial charge in [-0.2, -0.15) is 13.2 Å². The summed E-state index contributed by atoms with van der Waals surface area (Å²) in [4.78, 5) is 14.1. The van der Waals surface area contributed by atoms with Gasteiger partial charge < -0.3 is 15.0 Å². The standard InChI is InChI=1S/C15H22F3N3O2/c1-20-12(15(16,17)18)8-13(19)23-9-10-4-5-11(10)14(22)21-6-2-3-7-21/h8,10-11,19-20H,2-7,9H2,1H3/b12-8-,19-13?/t10-,11+/m1/s1. The Hall–Kier alpha value is -1.73. The highest BCUT2D eigenvalue weighted by molar-refractivity contribution is 5.85. The summed E-state index contributed by atoms with van der Waals surface area (Å²) in [5, 5.41) is 9.51. The highest BCUT2D eigenvalue weighted by Gasteiger charge is 2.40. The van der Waals surface area contributed by atoms with Gasteiger partial charge in [0.1, 0.15) is 5.70 Å². The minimum atomic E-state index is -4.55. The quantitative estimate of drug-likeness (QED) is 0.599. The van der Waals surface area contributed by atoms with Gasteiger partial charge in [0.05, 0.1) is 6.61 Å². The summed E-state index contributed by atoms with van der Waals surface area (Å²) in [7, 11) is 1.14. The van der Waals surface area contributed by atoms with Crippen LogP contribution in [0.1, 0.15) is 25.7 Å². The smallest absolute Gasteiger partial charge is 0.431 e. The molecule has 23 heavy (non-hydrogen) atoms. The second kappa shape index (κ2) is 7.23. The molecule has 2 atom stereocenters. The van der Waals surface area contributed by atoms with E-state index in [0.29, 0.717) is 6.08 Å². The Balaban J connectivity index is 1.82. The number of hydrogen-bond donors (Lipinski definition) is 2. The van der Waals surface area contributed by atoms with E-state index in [4.69, 9.17) is 10.1 Å². The molecule has 1 amide bonds. The molecule has 130 valence electrons. The van der Waals surface area contributed by atoms with Crippen molar-refractivity contribution in [2.45, 2.75) is 31.9 Å². The number of nitrogens with one attached hydrogen (secondary N) is 2. The van der Waals surface area contributed by atoms with Crippen LogP contribution >= 0.6 is 0 Å². The summed E-state index contributed by atoms with van der Waals surface area (Å²) in [6.45, 7) is 1.69. The van der Waals surface area contributed by atoms with Crippen molar-refractivity contribution in [1.82, 2.24) is 10.2 Å². The number of allylic oxidation sites excluding steroid dienone is 1. The topological polar surface area (TPSA) is 65.4 Å². The van der Waals surface area contributed by atoms with Crippen LogP contribution in [0, 0.1) is 17.2 Å². The molecular weight excluding hydrogens is 311 g/mol. The Morgan fingerprint density at radius 2 is 2.00 bits per heavy atom. The number of carbonyl (C=O) groups is 1. The van der Waals surface area contributed by atoms with E-state index < -0.39 is 17.8 Å². The van der Waals surface area contributed by atoms with Crippen molar-refractivity contribution in [3.63, 3.8) is 0 Å². The monoisotopic (exact) mass is 333 g/mol. The van der Waals surface area contributed by atoms with Gasteiger partial charge in [-0.25, -0.2) is 0 Å². The summed E-state index contributed by atoms with van der Waals surface area (Å²) in [5.41, 5.74) is -1.03. The van der Waals surface area contributed by atoms with Gasteiger partial charge in [0.25, 0.3) is 0 Å². The van der Waals surface area contributed by atoms with Crippen molar-refractivity contribution in [3.8, 4) is 0 Å². The number of likely N-dealkylation sites (tertiary alicyclic amines) is 1. The molecule has 1 aliphatic carbocycles. The van der Waals surface area contributed by atoms with Crippen molar-refractivity contribution in [3.05, 3.63) is 11.8 Å². The lowest BCUT2D eigenvalue weighted by molar-refractivity contribution is -0.141. The van der Waals surface area contributed by atoms with E-state index in [1.54, 1.807) is 0 Å². The van der Waals surface area contributed by atoms with Crippen LogP contribution < -0.4 is 5.32 Å². The molecule has 2 fully saturated rings. The fourth-order valence-corrected chi connectivity index (χ4v) is 2.93. The zero-order valence-corrected chi connectivity index (χ0v) is 13.1. The maximum Gasteiger partial charge on any atom is 0.431 e. The normalized spacial score (nSPS) is 25.0. The summed E-state index contributed by atoms with van der Waals surface area (Å²) in [5.74, 6) is -0.557. The van der Waals surface area contributed by atoms with E-state index in [0.717, 1.165) is 45.8 Å². The van der Waals surface area contributed by atoms with Crippen molar-refractivity contribution >= 4 is 11.8 Å². The van der Waals surface area contributed by atoms with E-state index in [1.807, 2.05) is 10.2 Å². The summed E-state index contributed by atoms with van der Waals surface area (Å²) < 4.78 is 42.8. The number of ether oxygens (including phenoxy) is 1. The molecule has 1 saturated carbocycles. The maximum absolute atomic E-state index is 12.6. The van der Waals surface area contributed by atoms with Gasteiger partial charge in [-0.15, -0.1) is 0 Å². The SMILES string of the molecule is CN/C(=C\C(=N)OC[C@H]1CC[C@@H]1C(=O)N1CCCC1)C(F)(F)F. The Labute approximate surface area is 133 Å². The predicted molar refractivity (Wildman–Crippen MR) is 78.9 cm³/mol. The average molecular weight is 333 g/mol. The third-order valence-electron chi connectivity index (χ3n) is 4.46. The van der Waals surface area contributed by atoms with Gasteiger partial charge in [-0.3, -0.25) is 10.2 Å². The van der Waals surface area contributed by atoms with Crippen LogP contribution in [0.4, 0.5) is 13.2 Å². The fraction of sp³-hybridized carbons (Fsp3) is 0.733. The first-order valence-corrected chi connectivity index (χ1v) is 7.79. The molecule has 2 N–H and O–H groups in total. The summed E-state index contributed by atoms with van der Waals surface area (Å²) >= 11 is 0. The minimum Gasteiger partial charge on any atom is -0.478 e. The van der Waals surface area contributed by atoms with E-state index in [9.17, 15) is 18.0 Å². The highest BCUT2D eigenvalue weighted by Crippen LogP contribution is 2.36. The lowest BCUT2D eigenvalue weighted by atomic mass is 9.73. The number of halogens is 3. The molecule has 0 unspecified atom stereocenters. The second-order valence-electron chi connectivity index (χ2n) is 5.96. The van der Waals surface area contributed by atoms with Gasteiger partial charge in [-0.1, -0.05) is 0 Å². The Bertz CT molecular complexity index is 485. The largest absolute Gasteiger partial charge is 0.478 e. The van der Waals surface area contributed by atoms with Gasteiger partial charge in [0.15, 0.2) is 0 Å². The van der Waals surface area contributed by atoms with Crippen molar-refractivity contribution in [2.75, 3.05) is 26.7 Å².